The topological polar surface area (TPSA) is 105 Å². The van der Waals surface area contributed by atoms with Crippen molar-refractivity contribution in [2.75, 3.05) is 37.7 Å². The Kier molecular flexibility index (Phi) is 8.90. The number of ether oxygens (including phenoxy) is 2. The maximum atomic E-state index is 13.9. The van der Waals surface area contributed by atoms with Gasteiger partial charge in [-0.25, -0.2) is 8.42 Å². The first kappa shape index (κ1) is 28.6. The summed E-state index contributed by atoms with van der Waals surface area (Å²) in [6.07, 6.45) is 0.917. The molecule has 3 aromatic carbocycles. The molecule has 3 aromatic rings. The molecule has 2 heterocycles. The third kappa shape index (κ3) is 6.55. The van der Waals surface area contributed by atoms with Gasteiger partial charge in [0.15, 0.2) is 6.10 Å². The van der Waals surface area contributed by atoms with Crippen LogP contribution >= 0.6 is 0 Å². The third-order valence-corrected chi connectivity index (χ3v) is 9.27. The minimum Gasteiger partial charge on any atom is -0.494 e. The number of rotatable bonds is 9. The van der Waals surface area contributed by atoms with Crippen molar-refractivity contribution >= 4 is 27.5 Å². The molecule has 2 atom stereocenters. The number of nitrogens with one attached hydrogen (secondary N) is 1. The average molecular weight is 578 g/mol. The van der Waals surface area contributed by atoms with E-state index in [2.05, 4.69) is 5.32 Å². The molecule has 0 radical (unpaired) electrons. The van der Waals surface area contributed by atoms with E-state index in [1.54, 1.807) is 35.2 Å². The fraction of sp³-hybridized carbons (Fsp3) is 0.355. The van der Waals surface area contributed by atoms with Crippen molar-refractivity contribution in [3.8, 4) is 11.5 Å². The van der Waals surface area contributed by atoms with E-state index in [1.165, 1.54) is 16.4 Å². The van der Waals surface area contributed by atoms with E-state index < -0.39 is 22.0 Å². The third-order valence-electron chi connectivity index (χ3n) is 7.39. The Balaban J connectivity index is 1.28. The molecule has 1 N–H and O–H groups in total. The van der Waals surface area contributed by atoms with Gasteiger partial charge < -0.3 is 19.7 Å². The van der Waals surface area contributed by atoms with E-state index >= 15 is 0 Å². The van der Waals surface area contributed by atoms with Gasteiger partial charge in [-0.15, -0.1) is 0 Å². The number of sulfonamides is 1. The van der Waals surface area contributed by atoms with Gasteiger partial charge in [0, 0.05) is 19.6 Å². The number of para-hydroxylation sites is 2. The average Bonchev–Trinajstić information content (AvgIpc) is 3.01. The highest BCUT2D eigenvalue weighted by Gasteiger charge is 2.39. The van der Waals surface area contributed by atoms with Crippen molar-refractivity contribution in [2.45, 2.75) is 37.2 Å². The second-order valence-electron chi connectivity index (χ2n) is 10.2. The van der Waals surface area contributed by atoms with Crippen LogP contribution in [-0.4, -0.2) is 63.4 Å². The molecule has 1 fully saturated rings. The van der Waals surface area contributed by atoms with Crippen LogP contribution in [0, 0.1) is 5.92 Å². The van der Waals surface area contributed by atoms with E-state index in [-0.39, 0.29) is 29.8 Å². The number of piperidine rings is 1. The van der Waals surface area contributed by atoms with Crippen molar-refractivity contribution in [2.24, 2.45) is 5.92 Å². The minimum atomic E-state index is -3.79. The van der Waals surface area contributed by atoms with Gasteiger partial charge in [0.05, 0.1) is 29.7 Å². The number of hydrogen-bond donors (Lipinski definition) is 1. The van der Waals surface area contributed by atoms with Crippen molar-refractivity contribution in [1.82, 2.24) is 9.62 Å². The smallest absolute Gasteiger partial charge is 0.262 e. The van der Waals surface area contributed by atoms with Crippen LogP contribution in [0.2, 0.25) is 0 Å². The molecule has 5 rings (SSSR count). The molecular weight excluding hydrogens is 542 g/mol. The Hall–Kier alpha value is -3.89. The van der Waals surface area contributed by atoms with Gasteiger partial charge in [-0.1, -0.05) is 42.5 Å². The lowest BCUT2D eigenvalue weighted by atomic mass is 9.97. The van der Waals surface area contributed by atoms with Gasteiger partial charge >= 0.3 is 0 Å². The molecule has 0 saturated carbocycles. The summed E-state index contributed by atoms with van der Waals surface area (Å²) in [4.78, 5) is 28.7. The van der Waals surface area contributed by atoms with E-state index in [1.807, 2.05) is 43.3 Å². The fourth-order valence-electron chi connectivity index (χ4n) is 5.27. The second kappa shape index (κ2) is 12.7. The molecule has 1 saturated heterocycles. The lowest BCUT2D eigenvalue weighted by molar-refractivity contribution is -0.129. The summed E-state index contributed by atoms with van der Waals surface area (Å²) in [5.41, 5.74) is 1.69. The molecular formula is C31H35N3O6S. The summed E-state index contributed by atoms with van der Waals surface area (Å²) < 4.78 is 39.7. The van der Waals surface area contributed by atoms with Crippen LogP contribution in [0.15, 0.2) is 83.8 Å². The monoisotopic (exact) mass is 577 g/mol. The van der Waals surface area contributed by atoms with Crippen LogP contribution in [0.5, 0.6) is 11.5 Å². The molecule has 0 bridgehead atoms. The van der Waals surface area contributed by atoms with Crippen LogP contribution in [-0.2, 0) is 26.0 Å². The number of benzene rings is 3. The summed E-state index contributed by atoms with van der Waals surface area (Å²) in [6, 6.07) is 23.3. The number of amides is 2. The highest BCUT2D eigenvalue weighted by atomic mass is 32.2. The second-order valence-corrected chi connectivity index (χ2v) is 12.1. The normalized spacial score (nSPS) is 19.1. The predicted molar refractivity (Wildman–Crippen MR) is 155 cm³/mol. The minimum absolute atomic E-state index is 0.0508. The van der Waals surface area contributed by atoms with Crippen molar-refractivity contribution < 1.29 is 27.5 Å². The molecule has 0 aromatic heterocycles. The van der Waals surface area contributed by atoms with Crippen molar-refractivity contribution in [3.05, 3.63) is 84.4 Å². The predicted octanol–water partition coefficient (Wildman–Crippen LogP) is 3.64. The highest BCUT2D eigenvalue weighted by molar-refractivity contribution is 7.89. The summed E-state index contributed by atoms with van der Waals surface area (Å²) in [5.74, 6) is -0.00652. The van der Waals surface area contributed by atoms with Gasteiger partial charge in [0.1, 0.15) is 11.5 Å². The Labute approximate surface area is 241 Å². The SMILES string of the molecule is CCOc1ccc(S(=O)(=O)N2CCCC(C(=O)N3CC(C(=O)NCCc4ccccc4)Oc4ccccc43)C2)cc1. The summed E-state index contributed by atoms with van der Waals surface area (Å²) >= 11 is 0. The van der Waals surface area contributed by atoms with Crippen LogP contribution in [0.1, 0.15) is 25.3 Å². The maximum absolute atomic E-state index is 13.9. The zero-order chi connectivity index (χ0) is 28.8. The Morgan fingerprint density at radius 1 is 0.976 bits per heavy atom. The molecule has 2 aliphatic rings. The van der Waals surface area contributed by atoms with E-state index in [4.69, 9.17) is 9.47 Å². The molecule has 0 spiro atoms. The molecule has 2 amide bonds. The first-order valence-electron chi connectivity index (χ1n) is 14.0. The first-order chi connectivity index (χ1) is 19.9. The lowest BCUT2D eigenvalue weighted by Gasteiger charge is -2.38. The fourth-order valence-corrected chi connectivity index (χ4v) is 6.80. The zero-order valence-electron chi connectivity index (χ0n) is 23.1. The highest BCUT2D eigenvalue weighted by Crippen LogP contribution is 2.35. The lowest BCUT2D eigenvalue weighted by Crippen LogP contribution is -2.54. The van der Waals surface area contributed by atoms with E-state index in [0.29, 0.717) is 56.1 Å². The number of fused-ring (bicyclic) bond motifs is 1. The number of carbonyl (C=O) groups is 2. The maximum Gasteiger partial charge on any atom is 0.262 e. The molecule has 2 unspecified atom stereocenters. The van der Waals surface area contributed by atoms with Gasteiger partial charge in [0.2, 0.25) is 15.9 Å². The number of hydrogen-bond acceptors (Lipinski definition) is 6. The van der Waals surface area contributed by atoms with Crippen molar-refractivity contribution in [1.29, 1.82) is 0 Å². The number of nitrogens with zero attached hydrogens (tertiary/aromatic N) is 2. The first-order valence-corrected chi connectivity index (χ1v) is 15.4. The molecule has 41 heavy (non-hydrogen) atoms. The number of anilines is 1. The summed E-state index contributed by atoms with van der Waals surface area (Å²) in [6.45, 7) is 3.26. The molecule has 9 nitrogen and oxygen atoms in total. The zero-order valence-corrected chi connectivity index (χ0v) is 23.9. The van der Waals surface area contributed by atoms with Gasteiger partial charge in [0.25, 0.3) is 5.91 Å². The summed E-state index contributed by atoms with van der Waals surface area (Å²) in [5, 5.41) is 2.93. The quantitative estimate of drug-likeness (QED) is 0.417. The van der Waals surface area contributed by atoms with Gasteiger partial charge in [-0.05, 0) is 68.1 Å². The summed E-state index contributed by atoms with van der Waals surface area (Å²) in [7, 11) is -3.79. The Morgan fingerprint density at radius 3 is 2.46 bits per heavy atom. The number of carbonyl (C=O) groups excluding carboxylic acids is 2. The Bertz CT molecular complexity index is 1460. The van der Waals surface area contributed by atoms with Crippen molar-refractivity contribution in [3.63, 3.8) is 0 Å². The van der Waals surface area contributed by atoms with Crippen LogP contribution in [0.25, 0.3) is 0 Å². The van der Waals surface area contributed by atoms with Crippen LogP contribution in [0.3, 0.4) is 0 Å². The van der Waals surface area contributed by atoms with Crippen LogP contribution in [0.4, 0.5) is 5.69 Å². The molecule has 216 valence electrons. The van der Waals surface area contributed by atoms with E-state index in [0.717, 1.165) is 5.56 Å². The van der Waals surface area contributed by atoms with Gasteiger partial charge in [-0.2, -0.15) is 4.31 Å². The molecule has 0 aliphatic carbocycles. The Morgan fingerprint density at radius 2 is 1.71 bits per heavy atom. The van der Waals surface area contributed by atoms with E-state index in [9.17, 15) is 18.0 Å². The standard InChI is InChI=1S/C31H35N3O6S/c1-2-39-25-14-16-26(17-15-25)41(37,38)33-20-8-11-24(21-33)31(36)34-22-29(40-28-13-7-6-12-27(28)34)30(35)32-19-18-23-9-4-3-5-10-23/h3-7,9-10,12-17,24,29H,2,8,11,18-22H2,1H3,(H,32,35). The largest absolute Gasteiger partial charge is 0.494 e. The van der Waals surface area contributed by atoms with Gasteiger partial charge in [-0.3, -0.25) is 9.59 Å². The molecule has 10 heteroatoms. The van der Waals surface area contributed by atoms with Crippen LogP contribution < -0.4 is 19.7 Å². The molecule has 2 aliphatic heterocycles.